The zero-order valence-electron chi connectivity index (χ0n) is 20.3. The molecular weight excluding hydrogens is 599 g/mol. The molecule has 0 unspecified atom stereocenters. The number of aromatic nitrogens is 3. The molecule has 3 aromatic heterocycles. The zero-order valence-corrected chi connectivity index (χ0v) is 22.5. The van der Waals surface area contributed by atoms with Crippen molar-refractivity contribution in [3.63, 3.8) is 0 Å². The van der Waals surface area contributed by atoms with Crippen LogP contribution in [0.25, 0.3) is 16.6 Å². The molecule has 0 aliphatic rings. The summed E-state index contributed by atoms with van der Waals surface area (Å²) >= 11 is 1.98. The number of hydrogen-bond donors (Lipinski definition) is 1. The molecule has 0 bridgehead atoms. The average Bonchev–Trinajstić information content (AvgIpc) is 2.94. The molecule has 1 amide bonds. The Morgan fingerprint density at radius 1 is 0.921 bits per heavy atom. The van der Waals surface area contributed by atoms with Gasteiger partial charge in [-0.1, -0.05) is 18.2 Å². The van der Waals surface area contributed by atoms with E-state index in [0.717, 1.165) is 5.39 Å². The Bertz CT molecular complexity index is 1690. The molecule has 0 fully saturated rings. The Balaban J connectivity index is 1.37. The number of halogens is 1. The molecule has 5 aromatic rings. The Kier molecular flexibility index (Phi) is 7.22. The molecule has 10 heteroatoms. The topological polar surface area (TPSA) is 105 Å². The summed E-state index contributed by atoms with van der Waals surface area (Å²) in [6, 6.07) is 19.4. The number of nitrogens with one attached hydrogen (secondary N) is 1. The number of ether oxygens (including phenoxy) is 3. The molecule has 5 rings (SSSR count). The number of benzene rings is 2. The molecule has 0 saturated carbocycles. The highest BCUT2D eigenvalue weighted by molar-refractivity contribution is 14.1. The SMILES string of the molecule is COc1cc2nccc(Oc3ccc(NC(=O)c4c(I)ccn(-c5ccccc5)c4=O)cn3)c2cc1OC. The lowest BCUT2D eigenvalue weighted by Gasteiger charge is -2.12. The number of anilines is 1. The molecule has 0 aliphatic carbocycles. The van der Waals surface area contributed by atoms with Gasteiger partial charge in [0.2, 0.25) is 5.88 Å². The highest BCUT2D eigenvalue weighted by Gasteiger charge is 2.18. The summed E-state index contributed by atoms with van der Waals surface area (Å²) in [7, 11) is 3.12. The summed E-state index contributed by atoms with van der Waals surface area (Å²) < 4.78 is 18.7. The van der Waals surface area contributed by atoms with Crippen molar-refractivity contribution in [3.8, 4) is 28.8 Å². The van der Waals surface area contributed by atoms with Crippen LogP contribution in [0.1, 0.15) is 10.4 Å². The minimum atomic E-state index is -0.527. The maximum Gasteiger partial charge on any atom is 0.269 e. The highest BCUT2D eigenvalue weighted by Crippen LogP contribution is 2.36. The zero-order chi connectivity index (χ0) is 26.6. The minimum absolute atomic E-state index is 0.0462. The van der Waals surface area contributed by atoms with E-state index in [9.17, 15) is 9.59 Å². The van der Waals surface area contributed by atoms with E-state index in [1.165, 1.54) is 10.8 Å². The van der Waals surface area contributed by atoms with Crippen molar-refractivity contribution in [2.45, 2.75) is 0 Å². The fourth-order valence-corrected chi connectivity index (χ4v) is 4.50. The van der Waals surface area contributed by atoms with Gasteiger partial charge in [0.1, 0.15) is 11.3 Å². The molecule has 2 aromatic carbocycles. The number of hydrogen-bond acceptors (Lipinski definition) is 7. The highest BCUT2D eigenvalue weighted by atomic mass is 127. The molecule has 190 valence electrons. The van der Waals surface area contributed by atoms with Crippen LogP contribution < -0.4 is 25.1 Å². The van der Waals surface area contributed by atoms with Crippen LogP contribution in [-0.4, -0.2) is 34.7 Å². The summed E-state index contributed by atoms with van der Waals surface area (Å²) in [4.78, 5) is 34.9. The van der Waals surface area contributed by atoms with Gasteiger partial charge in [-0.15, -0.1) is 0 Å². The number of amides is 1. The third kappa shape index (κ3) is 5.02. The molecular formula is C28H21IN4O5. The van der Waals surface area contributed by atoms with Crippen LogP contribution in [0.2, 0.25) is 0 Å². The van der Waals surface area contributed by atoms with E-state index in [-0.39, 0.29) is 5.56 Å². The maximum absolute atomic E-state index is 13.1. The second-order valence-electron chi connectivity index (χ2n) is 8.02. The van der Waals surface area contributed by atoms with Crippen molar-refractivity contribution in [2.24, 2.45) is 0 Å². The third-order valence-electron chi connectivity index (χ3n) is 5.72. The van der Waals surface area contributed by atoms with Crippen LogP contribution in [0.3, 0.4) is 0 Å². The Hall–Kier alpha value is -4.45. The number of rotatable bonds is 7. The normalized spacial score (nSPS) is 10.7. The van der Waals surface area contributed by atoms with E-state index < -0.39 is 11.5 Å². The van der Waals surface area contributed by atoms with Crippen LogP contribution in [0.15, 0.2) is 90.1 Å². The summed E-state index contributed by atoms with van der Waals surface area (Å²) in [5.74, 6) is 1.42. The average molecular weight is 620 g/mol. The van der Waals surface area contributed by atoms with Gasteiger partial charge in [-0.3, -0.25) is 19.1 Å². The second-order valence-corrected chi connectivity index (χ2v) is 9.19. The molecule has 0 radical (unpaired) electrons. The van der Waals surface area contributed by atoms with E-state index in [4.69, 9.17) is 14.2 Å². The smallest absolute Gasteiger partial charge is 0.269 e. The van der Waals surface area contributed by atoms with E-state index in [2.05, 4.69) is 15.3 Å². The lowest BCUT2D eigenvalue weighted by atomic mass is 10.2. The van der Waals surface area contributed by atoms with Crippen molar-refractivity contribution in [1.82, 2.24) is 14.5 Å². The van der Waals surface area contributed by atoms with Gasteiger partial charge in [0.05, 0.1) is 31.6 Å². The van der Waals surface area contributed by atoms with Crippen molar-refractivity contribution >= 4 is 45.1 Å². The fourth-order valence-electron chi connectivity index (χ4n) is 3.87. The van der Waals surface area contributed by atoms with Gasteiger partial charge in [-0.05, 0) is 59.0 Å². The third-order valence-corrected chi connectivity index (χ3v) is 6.62. The Morgan fingerprint density at radius 2 is 1.68 bits per heavy atom. The molecule has 1 N–H and O–H groups in total. The van der Waals surface area contributed by atoms with Crippen molar-refractivity contribution in [2.75, 3.05) is 19.5 Å². The Labute approximate surface area is 231 Å². The summed E-state index contributed by atoms with van der Waals surface area (Å²) in [5.41, 5.74) is 1.39. The van der Waals surface area contributed by atoms with Gasteiger partial charge in [0.15, 0.2) is 11.5 Å². The maximum atomic E-state index is 13.1. The van der Waals surface area contributed by atoms with Gasteiger partial charge in [0.25, 0.3) is 11.5 Å². The molecule has 0 atom stereocenters. The van der Waals surface area contributed by atoms with Gasteiger partial charge in [-0.2, -0.15) is 0 Å². The van der Waals surface area contributed by atoms with Crippen LogP contribution in [0, 0.1) is 3.57 Å². The predicted octanol–water partition coefficient (Wildman–Crippen LogP) is 5.45. The first-order valence-corrected chi connectivity index (χ1v) is 12.5. The van der Waals surface area contributed by atoms with E-state index in [0.29, 0.717) is 43.6 Å². The largest absolute Gasteiger partial charge is 0.493 e. The molecule has 0 aliphatic heterocycles. The lowest BCUT2D eigenvalue weighted by molar-refractivity contribution is 0.102. The van der Waals surface area contributed by atoms with E-state index >= 15 is 0 Å². The van der Waals surface area contributed by atoms with E-state index in [1.807, 2.05) is 40.8 Å². The number of nitrogens with zero attached hydrogens (tertiary/aromatic N) is 3. The van der Waals surface area contributed by atoms with Crippen molar-refractivity contribution < 1.29 is 19.0 Å². The molecule has 0 spiro atoms. The summed E-state index contributed by atoms with van der Waals surface area (Å²) in [6.45, 7) is 0. The van der Waals surface area contributed by atoms with Gasteiger partial charge < -0.3 is 19.5 Å². The Morgan fingerprint density at radius 3 is 2.39 bits per heavy atom. The van der Waals surface area contributed by atoms with Crippen LogP contribution >= 0.6 is 22.6 Å². The standard InChI is InChI=1S/C28H21IN4O5/c1-36-23-14-19-21(15-24(23)37-2)30-12-10-22(19)38-25-9-8-17(16-31-25)32-27(34)26-20(29)11-13-33(28(26)35)18-6-4-3-5-7-18/h3-16H,1-2H3,(H,32,34). The monoisotopic (exact) mass is 620 g/mol. The van der Waals surface area contributed by atoms with Crippen molar-refractivity contribution in [1.29, 1.82) is 0 Å². The van der Waals surface area contributed by atoms with Crippen LogP contribution in [0.5, 0.6) is 23.1 Å². The van der Waals surface area contributed by atoms with Crippen LogP contribution in [-0.2, 0) is 0 Å². The summed E-state index contributed by atoms with van der Waals surface area (Å²) in [5, 5.41) is 3.47. The number of methoxy groups -OCH3 is 2. The first-order chi connectivity index (χ1) is 18.5. The first kappa shape index (κ1) is 25.2. The number of fused-ring (bicyclic) bond motifs is 1. The number of carbonyl (C=O) groups excluding carboxylic acids is 1. The van der Waals surface area contributed by atoms with Crippen LogP contribution in [0.4, 0.5) is 5.69 Å². The summed E-state index contributed by atoms with van der Waals surface area (Å²) in [6.07, 6.45) is 4.74. The number of carbonyl (C=O) groups is 1. The van der Waals surface area contributed by atoms with Crippen molar-refractivity contribution in [3.05, 3.63) is 105 Å². The number of pyridine rings is 3. The first-order valence-electron chi connectivity index (χ1n) is 11.4. The minimum Gasteiger partial charge on any atom is -0.493 e. The predicted molar refractivity (Wildman–Crippen MR) is 152 cm³/mol. The van der Waals surface area contributed by atoms with E-state index in [1.54, 1.807) is 75.1 Å². The second kappa shape index (κ2) is 10.9. The van der Waals surface area contributed by atoms with Gasteiger partial charge >= 0.3 is 0 Å². The van der Waals surface area contributed by atoms with Gasteiger partial charge in [-0.25, -0.2) is 4.98 Å². The lowest BCUT2D eigenvalue weighted by Crippen LogP contribution is -2.29. The fraction of sp³-hybridized carbons (Fsp3) is 0.0714. The molecule has 3 heterocycles. The number of para-hydroxylation sites is 1. The van der Waals surface area contributed by atoms with Gasteiger partial charge in [0, 0.05) is 39.2 Å². The molecule has 38 heavy (non-hydrogen) atoms. The quantitative estimate of drug-likeness (QED) is 0.242. The molecule has 9 nitrogen and oxygen atoms in total. The molecule has 0 saturated heterocycles.